The smallest absolute Gasteiger partial charge is 0.236 e. The zero-order valence-electron chi connectivity index (χ0n) is 14.4. The minimum Gasteiger partial charge on any atom is -0.497 e. The Bertz CT molecular complexity index is 953. The lowest BCUT2D eigenvalue weighted by atomic mass is 10.2. The molecule has 0 bridgehead atoms. The largest absolute Gasteiger partial charge is 0.497 e. The Morgan fingerprint density at radius 3 is 2.50 bits per heavy atom. The number of benzene rings is 2. The first kappa shape index (κ1) is 17.1. The van der Waals surface area contributed by atoms with E-state index in [1.54, 1.807) is 20.3 Å². The Balaban J connectivity index is 1.82. The predicted molar refractivity (Wildman–Crippen MR) is 99.4 cm³/mol. The average Bonchev–Trinajstić information content (AvgIpc) is 3.09. The molecule has 1 heterocycles. The van der Waals surface area contributed by atoms with Gasteiger partial charge < -0.3 is 19.2 Å². The highest BCUT2D eigenvalue weighted by atomic mass is 16.5. The van der Waals surface area contributed by atoms with Crippen LogP contribution in [0, 0.1) is 11.3 Å². The molecule has 0 atom stereocenters. The molecule has 3 aromatic rings. The Kier molecular flexibility index (Phi) is 5.20. The van der Waals surface area contributed by atoms with E-state index in [0.29, 0.717) is 5.89 Å². The van der Waals surface area contributed by atoms with E-state index < -0.39 is 0 Å². The summed E-state index contributed by atoms with van der Waals surface area (Å²) in [6.45, 7) is 0. The van der Waals surface area contributed by atoms with Crippen LogP contribution < -0.4 is 14.8 Å². The van der Waals surface area contributed by atoms with Gasteiger partial charge in [0.25, 0.3) is 0 Å². The van der Waals surface area contributed by atoms with Crippen molar-refractivity contribution in [2.45, 2.75) is 0 Å². The van der Waals surface area contributed by atoms with Crippen LogP contribution in [0.1, 0.15) is 17.1 Å². The summed E-state index contributed by atoms with van der Waals surface area (Å²) in [5.41, 5.74) is 1.83. The molecule has 130 valence electrons. The molecule has 0 fully saturated rings. The lowest BCUT2D eigenvalue weighted by Gasteiger charge is -2.04. The fraction of sp³-hybridized carbons (Fsp3) is 0.100. The number of oxazole rings is 1. The van der Waals surface area contributed by atoms with Crippen LogP contribution in [0.3, 0.4) is 0 Å². The van der Waals surface area contributed by atoms with Gasteiger partial charge in [-0.3, -0.25) is 0 Å². The summed E-state index contributed by atoms with van der Waals surface area (Å²) >= 11 is 0. The Labute approximate surface area is 151 Å². The molecule has 26 heavy (non-hydrogen) atoms. The summed E-state index contributed by atoms with van der Waals surface area (Å²) in [6, 6.07) is 16.9. The van der Waals surface area contributed by atoms with Crippen LogP contribution in [0.15, 0.2) is 52.9 Å². The number of hydrogen-bond acceptors (Lipinski definition) is 6. The lowest BCUT2D eigenvalue weighted by Crippen LogP contribution is -1.91. The molecule has 1 aromatic heterocycles. The molecule has 0 radical (unpaired) electrons. The van der Waals surface area contributed by atoms with Crippen molar-refractivity contribution in [2.75, 3.05) is 19.5 Å². The first-order valence-electron chi connectivity index (χ1n) is 7.86. The van der Waals surface area contributed by atoms with Gasteiger partial charge in [-0.15, -0.1) is 0 Å². The third-order valence-electron chi connectivity index (χ3n) is 3.64. The molecular weight excluding hydrogens is 330 g/mol. The molecule has 1 N–H and O–H groups in total. The Hall–Kier alpha value is -3.72. The van der Waals surface area contributed by atoms with Crippen molar-refractivity contribution in [1.29, 1.82) is 5.26 Å². The number of rotatable bonds is 6. The van der Waals surface area contributed by atoms with Gasteiger partial charge in [-0.25, -0.2) is 0 Å². The van der Waals surface area contributed by atoms with Crippen molar-refractivity contribution in [2.24, 2.45) is 0 Å². The van der Waals surface area contributed by atoms with Crippen molar-refractivity contribution in [3.63, 3.8) is 0 Å². The summed E-state index contributed by atoms with van der Waals surface area (Å²) < 4.78 is 16.1. The number of nitriles is 1. The van der Waals surface area contributed by atoms with Crippen LogP contribution in [0.25, 0.3) is 12.2 Å². The van der Waals surface area contributed by atoms with Crippen molar-refractivity contribution >= 4 is 23.7 Å². The first-order valence-corrected chi connectivity index (χ1v) is 7.86. The number of ether oxygens (including phenoxy) is 2. The Morgan fingerprint density at radius 2 is 1.81 bits per heavy atom. The second-order valence-corrected chi connectivity index (χ2v) is 5.27. The standard InChI is InChI=1S/C20H17N3O3/c1-24-16-10-8-15(9-11-16)22-20-17(13-21)23-19(26-20)12-7-14-5-3-4-6-18(14)25-2/h3-12,22H,1-2H3. The molecular formula is C20H17N3O3. The molecule has 0 spiro atoms. The summed E-state index contributed by atoms with van der Waals surface area (Å²) in [7, 11) is 3.22. The van der Waals surface area contributed by atoms with Crippen LogP contribution in [-0.2, 0) is 0 Å². The number of hydrogen-bond donors (Lipinski definition) is 1. The molecule has 3 rings (SSSR count). The molecule has 0 aliphatic rings. The highest BCUT2D eigenvalue weighted by molar-refractivity contribution is 5.71. The van der Waals surface area contributed by atoms with Crippen LogP contribution in [-0.4, -0.2) is 19.2 Å². The van der Waals surface area contributed by atoms with E-state index in [1.807, 2.05) is 60.7 Å². The van der Waals surface area contributed by atoms with E-state index in [4.69, 9.17) is 13.9 Å². The van der Waals surface area contributed by atoms with E-state index in [1.165, 1.54) is 0 Å². The van der Waals surface area contributed by atoms with Gasteiger partial charge in [-0.05, 0) is 36.4 Å². The minimum atomic E-state index is 0.181. The number of aromatic nitrogens is 1. The predicted octanol–water partition coefficient (Wildman–Crippen LogP) is 4.48. The van der Waals surface area contributed by atoms with Gasteiger partial charge in [0.1, 0.15) is 17.6 Å². The maximum atomic E-state index is 9.28. The zero-order valence-corrected chi connectivity index (χ0v) is 14.4. The van der Waals surface area contributed by atoms with Crippen molar-refractivity contribution in [1.82, 2.24) is 4.98 Å². The fourth-order valence-corrected chi connectivity index (χ4v) is 2.34. The third-order valence-corrected chi connectivity index (χ3v) is 3.64. The second-order valence-electron chi connectivity index (χ2n) is 5.27. The number of anilines is 2. The van der Waals surface area contributed by atoms with E-state index in [-0.39, 0.29) is 11.6 Å². The van der Waals surface area contributed by atoms with E-state index >= 15 is 0 Å². The zero-order chi connectivity index (χ0) is 18.4. The molecule has 6 heteroatoms. The summed E-state index contributed by atoms with van der Waals surface area (Å²) in [5.74, 6) is 2.10. The lowest BCUT2D eigenvalue weighted by molar-refractivity contribution is 0.414. The minimum absolute atomic E-state index is 0.181. The van der Waals surface area contributed by atoms with E-state index in [9.17, 15) is 5.26 Å². The maximum Gasteiger partial charge on any atom is 0.236 e. The van der Waals surface area contributed by atoms with Gasteiger partial charge in [0.2, 0.25) is 17.5 Å². The molecule has 2 aromatic carbocycles. The number of nitrogens with zero attached hydrogens (tertiary/aromatic N) is 2. The molecule has 6 nitrogen and oxygen atoms in total. The van der Waals surface area contributed by atoms with Crippen LogP contribution in [0.2, 0.25) is 0 Å². The van der Waals surface area contributed by atoms with Gasteiger partial charge in [0, 0.05) is 17.3 Å². The second kappa shape index (κ2) is 7.90. The summed E-state index contributed by atoms with van der Waals surface area (Å²) in [5, 5.41) is 12.3. The summed E-state index contributed by atoms with van der Waals surface area (Å²) in [6.07, 6.45) is 3.51. The molecule has 0 saturated heterocycles. The van der Waals surface area contributed by atoms with Gasteiger partial charge in [0.15, 0.2) is 0 Å². The van der Waals surface area contributed by atoms with Gasteiger partial charge in [-0.2, -0.15) is 10.2 Å². The fourth-order valence-electron chi connectivity index (χ4n) is 2.34. The highest BCUT2D eigenvalue weighted by Gasteiger charge is 2.12. The van der Waals surface area contributed by atoms with Crippen LogP contribution in [0.4, 0.5) is 11.6 Å². The van der Waals surface area contributed by atoms with Crippen molar-refractivity contribution in [3.05, 3.63) is 65.7 Å². The quantitative estimate of drug-likeness (QED) is 0.708. The van der Waals surface area contributed by atoms with E-state index in [0.717, 1.165) is 22.7 Å². The maximum absolute atomic E-state index is 9.28. The first-order chi connectivity index (χ1) is 12.7. The monoisotopic (exact) mass is 347 g/mol. The Morgan fingerprint density at radius 1 is 1.04 bits per heavy atom. The van der Waals surface area contributed by atoms with Gasteiger partial charge >= 0.3 is 0 Å². The highest BCUT2D eigenvalue weighted by Crippen LogP contribution is 2.25. The van der Waals surface area contributed by atoms with Crippen LogP contribution >= 0.6 is 0 Å². The number of nitrogens with one attached hydrogen (secondary N) is 1. The van der Waals surface area contributed by atoms with Crippen molar-refractivity contribution < 1.29 is 13.9 Å². The van der Waals surface area contributed by atoms with Crippen molar-refractivity contribution in [3.8, 4) is 17.6 Å². The molecule has 0 aliphatic carbocycles. The van der Waals surface area contributed by atoms with Gasteiger partial charge in [-0.1, -0.05) is 18.2 Å². The molecule has 0 unspecified atom stereocenters. The normalized spacial score (nSPS) is 10.5. The topological polar surface area (TPSA) is 80.3 Å². The summed E-state index contributed by atoms with van der Waals surface area (Å²) in [4.78, 5) is 4.19. The molecule has 0 saturated carbocycles. The van der Waals surface area contributed by atoms with E-state index in [2.05, 4.69) is 10.3 Å². The average molecular weight is 347 g/mol. The molecule has 0 amide bonds. The van der Waals surface area contributed by atoms with Crippen LogP contribution in [0.5, 0.6) is 11.5 Å². The SMILES string of the molecule is COc1ccc(Nc2oc(C=Cc3ccccc3OC)nc2C#N)cc1. The number of para-hydroxylation sites is 1. The van der Waals surface area contributed by atoms with Gasteiger partial charge in [0.05, 0.1) is 14.2 Å². The molecule has 0 aliphatic heterocycles. The third kappa shape index (κ3) is 3.84. The number of methoxy groups -OCH3 is 2.